The fraction of sp³-hybridized carbons (Fsp3) is 0.333. The van der Waals surface area contributed by atoms with Crippen LogP contribution in [-0.2, 0) is 0 Å². The third-order valence-electron chi connectivity index (χ3n) is 3.86. The van der Waals surface area contributed by atoms with Gasteiger partial charge in [0.15, 0.2) is 0 Å². The van der Waals surface area contributed by atoms with Gasteiger partial charge in [0.05, 0.1) is 10.7 Å². The summed E-state index contributed by atoms with van der Waals surface area (Å²) in [6.45, 7) is 2.09. The van der Waals surface area contributed by atoms with Gasteiger partial charge in [-0.15, -0.1) is 12.4 Å². The van der Waals surface area contributed by atoms with Gasteiger partial charge >= 0.3 is 0 Å². The molecule has 1 aliphatic rings. The number of nitrogens with one attached hydrogen (secondary N) is 1. The zero-order chi connectivity index (χ0) is 14.8. The number of carbonyl (C=O) groups is 1. The number of hydrogen-bond donors (Lipinski definition) is 2. The van der Waals surface area contributed by atoms with Crippen LogP contribution in [0.3, 0.4) is 0 Å². The van der Waals surface area contributed by atoms with Gasteiger partial charge in [0.2, 0.25) is 0 Å². The van der Waals surface area contributed by atoms with Gasteiger partial charge in [-0.05, 0) is 31.0 Å². The van der Waals surface area contributed by atoms with E-state index in [1.54, 1.807) is 12.1 Å². The van der Waals surface area contributed by atoms with Crippen LogP contribution in [0.1, 0.15) is 16.9 Å². The third kappa shape index (κ3) is 3.27. The van der Waals surface area contributed by atoms with Crippen molar-refractivity contribution in [2.45, 2.75) is 6.42 Å². The van der Waals surface area contributed by atoms with Gasteiger partial charge in [0, 0.05) is 18.7 Å². The van der Waals surface area contributed by atoms with Crippen molar-refractivity contribution in [1.29, 1.82) is 0 Å². The van der Waals surface area contributed by atoms with Crippen LogP contribution in [0.5, 0.6) is 0 Å². The lowest BCUT2D eigenvalue weighted by Gasteiger charge is -2.14. The summed E-state index contributed by atoms with van der Waals surface area (Å²) in [7, 11) is 0. The molecule has 0 saturated carbocycles. The fourth-order valence-corrected chi connectivity index (χ4v) is 2.85. The number of aromatic amines is 1. The summed E-state index contributed by atoms with van der Waals surface area (Å²) >= 11 is 6.15. The molecule has 1 amide bonds. The molecule has 1 fully saturated rings. The van der Waals surface area contributed by atoms with E-state index < -0.39 is 0 Å². The van der Waals surface area contributed by atoms with Crippen LogP contribution in [0.25, 0.3) is 11.3 Å². The van der Waals surface area contributed by atoms with Crippen LogP contribution in [0.2, 0.25) is 5.02 Å². The highest BCUT2D eigenvalue weighted by Crippen LogP contribution is 2.27. The second-order valence-corrected chi connectivity index (χ2v) is 5.70. The van der Waals surface area contributed by atoms with Crippen molar-refractivity contribution in [3.63, 3.8) is 0 Å². The summed E-state index contributed by atoms with van der Waals surface area (Å²) in [5, 5.41) is 7.63. The summed E-state index contributed by atoms with van der Waals surface area (Å²) in [5.74, 6) is 0.372. The van der Waals surface area contributed by atoms with Gasteiger partial charge < -0.3 is 10.6 Å². The number of nitrogens with two attached hydrogens (primary N) is 1. The number of nitrogens with zero attached hydrogens (tertiary/aromatic N) is 2. The summed E-state index contributed by atoms with van der Waals surface area (Å²) in [5.41, 5.74) is 7.64. The minimum absolute atomic E-state index is 0. The first-order valence-electron chi connectivity index (χ1n) is 6.98. The summed E-state index contributed by atoms with van der Waals surface area (Å²) in [6.07, 6.45) is 0.966. The summed E-state index contributed by atoms with van der Waals surface area (Å²) in [6, 6.07) is 9.19. The monoisotopic (exact) mass is 340 g/mol. The number of H-pyrrole nitrogens is 1. The minimum atomic E-state index is -0.0308. The molecule has 3 rings (SSSR count). The highest BCUT2D eigenvalue weighted by molar-refractivity contribution is 6.33. The van der Waals surface area contributed by atoms with Crippen molar-refractivity contribution in [3.05, 3.63) is 41.0 Å². The predicted octanol–water partition coefficient (Wildman–Crippen LogP) is 2.57. The van der Waals surface area contributed by atoms with E-state index in [4.69, 9.17) is 17.3 Å². The zero-order valence-corrected chi connectivity index (χ0v) is 13.5. The Balaban J connectivity index is 0.00000176. The molecule has 22 heavy (non-hydrogen) atoms. The lowest BCUT2D eigenvalue weighted by atomic mass is 10.1. The van der Waals surface area contributed by atoms with Crippen molar-refractivity contribution in [2.24, 2.45) is 11.7 Å². The average Bonchev–Trinajstić information content (AvgIpc) is 3.16. The van der Waals surface area contributed by atoms with E-state index in [1.165, 1.54) is 0 Å². The highest BCUT2D eigenvalue weighted by atomic mass is 35.5. The number of rotatable bonds is 3. The van der Waals surface area contributed by atoms with E-state index in [0.29, 0.717) is 28.9 Å². The average molecular weight is 341 g/mol. The number of carbonyl (C=O) groups excluding carboxylic acids is 1. The predicted molar refractivity (Wildman–Crippen MR) is 89.3 cm³/mol. The van der Waals surface area contributed by atoms with E-state index in [-0.39, 0.29) is 18.3 Å². The SMILES string of the molecule is Cl.NCC1CCN(C(=O)c2cc(-c3ccccc3Cl)n[nH]2)C1. The van der Waals surface area contributed by atoms with E-state index in [9.17, 15) is 4.79 Å². The minimum Gasteiger partial charge on any atom is -0.337 e. The fourth-order valence-electron chi connectivity index (χ4n) is 2.62. The molecule has 1 aliphatic heterocycles. The summed E-state index contributed by atoms with van der Waals surface area (Å²) in [4.78, 5) is 14.2. The molecule has 1 aromatic carbocycles. The Morgan fingerprint density at radius 1 is 1.45 bits per heavy atom. The number of benzene rings is 1. The van der Waals surface area contributed by atoms with Crippen LogP contribution in [0.15, 0.2) is 30.3 Å². The van der Waals surface area contributed by atoms with Crippen LogP contribution < -0.4 is 5.73 Å². The second-order valence-electron chi connectivity index (χ2n) is 5.29. The van der Waals surface area contributed by atoms with Gasteiger partial charge in [-0.3, -0.25) is 9.89 Å². The van der Waals surface area contributed by atoms with Gasteiger partial charge in [0.1, 0.15) is 5.69 Å². The van der Waals surface area contributed by atoms with Crippen LogP contribution in [0, 0.1) is 5.92 Å². The Kier molecular flexibility index (Phi) is 5.45. The first-order chi connectivity index (χ1) is 10.2. The maximum Gasteiger partial charge on any atom is 0.271 e. The first-order valence-corrected chi connectivity index (χ1v) is 7.36. The quantitative estimate of drug-likeness (QED) is 0.901. The number of likely N-dealkylation sites (tertiary alicyclic amines) is 1. The Morgan fingerprint density at radius 2 is 2.23 bits per heavy atom. The topological polar surface area (TPSA) is 75.0 Å². The molecule has 1 aromatic heterocycles. The molecule has 1 unspecified atom stereocenters. The first kappa shape index (κ1) is 16.8. The molecule has 3 N–H and O–H groups in total. The molecule has 7 heteroatoms. The molecule has 1 saturated heterocycles. The molecule has 0 spiro atoms. The van der Waals surface area contributed by atoms with Crippen molar-refractivity contribution in [2.75, 3.05) is 19.6 Å². The maximum absolute atomic E-state index is 12.4. The van der Waals surface area contributed by atoms with Crippen LogP contribution in [-0.4, -0.2) is 40.6 Å². The molecule has 0 radical (unpaired) electrons. The molecular formula is C15H18Cl2N4O. The lowest BCUT2D eigenvalue weighted by Crippen LogP contribution is -2.30. The number of halogens is 2. The Labute approximate surface area is 140 Å². The molecule has 0 bridgehead atoms. The van der Waals surface area contributed by atoms with Gasteiger partial charge in [-0.2, -0.15) is 5.10 Å². The van der Waals surface area contributed by atoms with Crippen molar-refractivity contribution in [3.8, 4) is 11.3 Å². The van der Waals surface area contributed by atoms with Gasteiger partial charge in [-0.25, -0.2) is 0 Å². The zero-order valence-electron chi connectivity index (χ0n) is 12.0. The molecule has 2 aromatic rings. The maximum atomic E-state index is 12.4. The van der Waals surface area contributed by atoms with E-state index in [1.807, 2.05) is 23.1 Å². The Hall–Kier alpha value is -1.56. The lowest BCUT2D eigenvalue weighted by molar-refractivity contribution is 0.0782. The Bertz CT molecular complexity index is 658. The van der Waals surface area contributed by atoms with E-state index >= 15 is 0 Å². The number of hydrogen-bond acceptors (Lipinski definition) is 3. The Morgan fingerprint density at radius 3 is 2.91 bits per heavy atom. The van der Waals surface area contributed by atoms with Crippen molar-refractivity contribution >= 4 is 29.9 Å². The van der Waals surface area contributed by atoms with Gasteiger partial charge in [0.25, 0.3) is 5.91 Å². The molecule has 2 heterocycles. The third-order valence-corrected chi connectivity index (χ3v) is 4.19. The van der Waals surface area contributed by atoms with Crippen molar-refractivity contribution < 1.29 is 4.79 Å². The highest BCUT2D eigenvalue weighted by Gasteiger charge is 2.27. The largest absolute Gasteiger partial charge is 0.337 e. The molecular weight excluding hydrogens is 323 g/mol. The number of aromatic nitrogens is 2. The molecule has 0 aliphatic carbocycles. The number of amides is 1. The molecule has 5 nitrogen and oxygen atoms in total. The van der Waals surface area contributed by atoms with Crippen LogP contribution in [0.4, 0.5) is 0 Å². The smallest absolute Gasteiger partial charge is 0.271 e. The van der Waals surface area contributed by atoms with Crippen LogP contribution >= 0.6 is 24.0 Å². The normalized spacial score (nSPS) is 17.4. The summed E-state index contributed by atoms with van der Waals surface area (Å²) < 4.78 is 0. The standard InChI is InChI=1S/C15H17ClN4O.ClH/c16-12-4-2-1-3-11(12)13-7-14(19-18-13)15(21)20-6-5-10(8-17)9-20;/h1-4,7,10H,5-6,8-9,17H2,(H,18,19);1H. The van der Waals surface area contributed by atoms with E-state index in [2.05, 4.69) is 10.2 Å². The molecule has 1 atom stereocenters. The molecule has 118 valence electrons. The van der Waals surface area contributed by atoms with Crippen molar-refractivity contribution in [1.82, 2.24) is 15.1 Å². The van der Waals surface area contributed by atoms with E-state index in [0.717, 1.165) is 25.1 Å². The second kappa shape index (κ2) is 7.13. The van der Waals surface area contributed by atoms with Gasteiger partial charge in [-0.1, -0.05) is 29.8 Å².